The highest BCUT2D eigenvalue weighted by molar-refractivity contribution is 5.95. The molecular formula is C16H22N4O3. The van der Waals surface area contributed by atoms with E-state index in [0.29, 0.717) is 24.8 Å². The van der Waals surface area contributed by atoms with Crippen molar-refractivity contribution in [1.29, 1.82) is 0 Å². The lowest BCUT2D eigenvalue weighted by Gasteiger charge is -2.39. The maximum atomic E-state index is 12.5. The third-order valence-corrected chi connectivity index (χ3v) is 4.54. The van der Waals surface area contributed by atoms with E-state index in [1.165, 1.54) is 31.5 Å². The highest BCUT2D eigenvalue weighted by atomic mass is 16.5. The molecule has 1 saturated carbocycles. The topological polar surface area (TPSA) is 97.5 Å². The smallest absolute Gasteiger partial charge is 0.267 e. The number of primary amides is 1. The third-order valence-electron chi connectivity index (χ3n) is 4.54. The number of morpholine rings is 1. The van der Waals surface area contributed by atoms with E-state index in [2.05, 4.69) is 15.2 Å². The van der Waals surface area contributed by atoms with Gasteiger partial charge in [-0.15, -0.1) is 0 Å². The molecule has 1 unspecified atom stereocenters. The van der Waals surface area contributed by atoms with Gasteiger partial charge in [-0.2, -0.15) is 0 Å². The Morgan fingerprint density at radius 2 is 2.22 bits per heavy atom. The molecule has 0 bridgehead atoms. The van der Waals surface area contributed by atoms with E-state index >= 15 is 0 Å². The number of amides is 2. The molecule has 0 aromatic carbocycles. The predicted octanol–water partition coefficient (Wildman–Crippen LogP) is 0.620. The molecule has 2 fully saturated rings. The van der Waals surface area contributed by atoms with Crippen molar-refractivity contribution >= 4 is 17.5 Å². The first-order valence-electron chi connectivity index (χ1n) is 8.02. The molecule has 2 heterocycles. The second-order valence-corrected chi connectivity index (χ2v) is 6.17. The number of anilines is 1. The van der Waals surface area contributed by atoms with Crippen molar-refractivity contribution < 1.29 is 14.3 Å². The standard InChI is InChI=1S/C16H22N4O3/c17-15(21)13-5-4-12(8-18-13)19-16(22)14-10-23-7-6-20(14)9-11-2-1-3-11/h4-5,8,11,14H,1-3,6-7,9-10H2,(H2,17,21)(H,19,22). The molecule has 1 aromatic heterocycles. The van der Waals surface area contributed by atoms with Crippen LogP contribution in [0.1, 0.15) is 29.8 Å². The van der Waals surface area contributed by atoms with Crippen LogP contribution in [0.15, 0.2) is 18.3 Å². The minimum Gasteiger partial charge on any atom is -0.378 e. The number of nitrogens with one attached hydrogen (secondary N) is 1. The Kier molecular flexibility index (Phi) is 4.88. The lowest BCUT2D eigenvalue weighted by atomic mass is 9.84. The van der Waals surface area contributed by atoms with Gasteiger partial charge in [0.25, 0.3) is 5.91 Å². The molecule has 2 amide bonds. The average molecular weight is 318 g/mol. The summed E-state index contributed by atoms with van der Waals surface area (Å²) in [5, 5.41) is 2.84. The number of ether oxygens (including phenoxy) is 1. The van der Waals surface area contributed by atoms with Gasteiger partial charge in [-0.3, -0.25) is 14.5 Å². The number of nitrogens with two attached hydrogens (primary N) is 1. The molecule has 2 aliphatic rings. The van der Waals surface area contributed by atoms with Crippen LogP contribution in [0.3, 0.4) is 0 Å². The lowest BCUT2D eigenvalue weighted by molar-refractivity contribution is -0.128. The zero-order valence-electron chi connectivity index (χ0n) is 13.0. The van der Waals surface area contributed by atoms with Gasteiger partial charge in [0.05, 0.1) is 25.1 Å². The Bertz CT molecular complexity index is 571. The SMILES string of the molecule is NC(=O)c1ccc(NC(=O)C2COCCN2CC2CCC2)cn1. The van der Waals surface area contributed by atoms with E-state index in [1.807, 2.05) is 0 Å². The Morgan fingerprint density at radius 1 is 1.39 bits per heavy atom. The fraction of sp³-hybridized carbons (Fsp3) is 0.562. The van der Waals surface area contributed by atoms with Crippen molar-refractivity contribution in [2.75, 3.05) is 31.6 Å². The van der Waals surface area contributed by atoms with Crippen LogP contribution in [0, 0.1) is 5.92 Å². The Hall–Kier alpha value is -1.99. The van der Waals surface area contributed by atoms with Crippen molar-refractivity contribution in [1.82, 2.24) is 9.88 Å². The molecular weight excluding hydrogens is 296 g/mol. The van der Waals surface area contributed by atoms with E-state index in [-0.39, 0.29) is 17.6 Å². The quantitative estimate of drug-likeness (QED) is 0.829. The summed E-state index contributed by atoms with van der Waals surface area (Å²) >= 11 is 0. The third kappa shape index (κ3) is 3.86. The molecule has 1 aliphatic carbocycles. The largest absolute Gasteiger partial charge is 0.378 e. The number of pyridine rings is 1. The predicted molar refractivity (Wildman–Crippen MR) is 84.9 cm³/mol. The molecule has 7 nitrogen and oxygen atoms in total. The monoisotopic (exact) mass is 318 g/mol. The van der Waals surface area contributed by atoms with Gasteiger partial charge in [-0.1, -0.05) is 6.42 Å². The number of carbonyl (C=O) groups is 2. The fourth-order valence-electron chi connectivity index (χ4n) is 2.94. The minimum absolute atomic E-state index is 0.0994. The number of carbonyl (C=O) groups excluding carboxylic acids is 2. The average Bonchev–Trinajstić information content (AvgIpc) is 2.52. The second kappa shape index (κ2) is 7.06. The van der Waals surface area contributed by atoms with Crippen molar-refractivity contribution in [3.8, 4) is 0 Å². The van der Waals surface area contributed by atoms with Gasteiger partial charge in [-0.25, -0.2) is 4.98 Å². The summed E-state index contributed by atoms with van der Waals surface area (Å²) in [7, 11) is 0. The number of aromatic nitrogens is 1. The van der Waals surface area contributed by atoms with Gasteiger partial charge in [-0.05, 0) is 30.9 Å². The van der Waals surface area contributed by atoms with Crippen LogP contribution in [0.5, 0.6) is 0 Å². The van der Waals surface area contributed by atoms with Gasteiger partial charge in [0.15, 0.2) is 0 Å². The zero-order valence-corrected chi connectivity index (χ0v) is 13.0. The molecule has 3 N–H and O–H groups in total. The van der Waals surface area contributed by atoms with E-state index in [9.17, 15) is 9.59 Å². The normalized spacial score (nSPS) is 22.3. The first-order chi connectivity index (χ1) is 11.1. The molecule has 1 atom stereocenters. The van der Waals surface area contributed by atoms with Crippen molar-refractivity contribution in [2.45, 2.75) is 25.3 Å². The first-order valence-corrected chi connectivity index (χ1v) is 8.02. The highest BCUT2D eigenvalue weighted by Crippen LogP contribution is 2.28. The molecule has 0 spiro atoms. The van der Waals surface area contributed by atoms with Crippen LogP contribution >= 0.6 is 0 Å². The maximum absolute atomic E-state index is 12.5. The molecule has 7 heteroatoms. The molecule has 3 rings (SSSR count). The summed E-state index contributed by atoms with van der Waals surface area (Å²) in [6.07, 6.45) is 5.25. The molecule has 23 heavy (non-hydrogen) atoms. The van der Waals surface area contributed by atoms with E-state index in [4.69, 9.17) is 10.5 Å². The molecule has 124 valence electrons. The van der Waals surface area contributed by atoms with Gasteiger partial charge < -0.3 is 15.8 Å². The molecule has 0 radical (unpaired) electrons. The minimum atomic E-state index is -0.588. The van der Waals surface area contributed by atoms with Gasteiger partial charge in [0.2, 0.25) is 5.91 Å². The summed E-state index contributed by atoms with van der Waals surface area (Å²) in [4.78, 5) is 29.7. The van der Waals surface area contributed by atoms with Crippen molar-refractivity contribution in [3.05, 3.63) is 24.0 Å². The molecule has 1 aromatic rings. The Balaban J connectivity index is 1.61. The van der Waals surface area contributed by atoms with Crippen LogP contribution in [-0.4, -0.2) is 54.0 Å². The van der Waals surface area contributed by atoms with Gasteiger partial charge in [0, 0.05) is 13.1 Å². The Morgan fingerprint density at radius 3 is 2.83 bits per heavy atom. The number of hydrogen-bond donors (Lipinski definition) is 2. The summed E-state index contributed by atoms with van der Waals surface area (Å²) in [6.45, 7) is 2.82. The Labute approximate surface area is 135 Å². The molecule has 1 saturated heterocycles. The number of nitrogens with zero attached hydrogens (tertiary/aromatic N) is 2. The molecule has 1 aliphatic heterocycles. The van der Waals surface area contributed by atoms with Gasteiger partial charge >= 0.3 is 0 Å². The lowest BCUT2D eigenvalue weighted by Crippen LogP contribution is -2.53. The summed E-state index contributed by atoms with van der Waals surface area (Å²) in [5.74, 6) is 0.0211. The van der Waals surface area contributed by atoms with E-state index in [0.717, 1.165) is 13.1 Å². The van der Waals surface area contributed by atoms with E-state index < -0.39 is 5.91 Å². The van der Waals surface area contributed by atoms with E-state index in [1.54, 1.807) is 6.07 Å². The van der Waals surface area contributed by atoms with Gasteiger partial charge in [0.1, 0.15) is 11.7 Å². The van der Waals surface area contributed by atoms with Crippen molar-refractivity contribution in [3.63, 3.8) is 0 Å². The van der Waals surface area contributed by atoms with Crippen LogP contribution in [0.25, 0.3) is 0 Å². The first kappa shape index (κ1) is 15.9. The summed E-state index contributed by atoms with van der Waals surface area (Å²) in [5.41, 5.74) is 5.88. The van der Waals surface area contributed by atoms with Crippen molar-refractivity contribution in [2.24, 2.45) is 11.7 Å². The number of rotatable bonds is 5. The number of hydrogen-bond acceptors (Lipinski definition) is 5. The summed E-state index contributed by atoms with van der Waals surface area (Å²) in [6, 6.07) is 2.85. The van der Waals surface area contributed by atoms with Crippen LogP contribution in [0.2, 0.25) is 0 Å². The second-order valence-electron chi connectivity index (χ2n) is 6.17. The maximum Gasteiger partial charge on any atom is 0.267 e. The van der Waals surface area contributed by atoms with Crippen LogP contribution < -0.4 is 11.1 Å². The zero-order chi connectivity index (χ0) is 16.2. The summed E-state index contributed by atoms with van der Waals surface area (Å²) < 4.78 is 5.48. The van der Waals surface area contributed by atoms with Crippen LogP contribution in [0.4, 0.5) is 5.69 Å². The fourth-order valence-corrected chi connectivity index (χ4v) is 2.94. The van der Waals surface area contributed by atoms with Crippen LogP contribution in [-0.2, 0) is 9.53 Å². The highest BCUT2D eigenvalue weighted by Gasteiger charge is 2.32.